The highest BCUT2D eigenvalue weighted by Gasteiger charge is 2.34. The first-order valence-corrected chi connectivity index (χ1v) is 15.5. The molecule has 2 amide bonds. The second kappa shape index (κ2) is 13.6. The molecule has 1 unspecified atom stereocenters. The van der Waals surface area contributed by atoms with Gasteiger partial charge in [0.1, 0.15) is 18.3 Å². The lowest BCUT2D eigenvalue weighted by Gasteiger charge is -2.35. The highest BCUT2D eigenvalue weighted by molar-refractivity contribution is 7.92. The molecule has 3 aromatic carbocycles. The van der Waals surface area contributed by atoms with Crippen molar-refractivity contribution in [3.63, 3.8) is 0 Å². The van der Waals surface area contributed by atoms with Crippen LogP contribution in [0.4, 0.5) is 5.69 Å². The first-order chi connectivity index (χ1) is 19.2. The van der Waals surface area contributed by atoms with E-state index in [2.05, 4.69) is 5.32 Å². The maximum atomic E-state index is 14.2. The monoisotopic (exact) mass is 619 g/mol. The SMILES string of the molecule is COc1cccc(N(CC(=O)N(Cc2ccc(Cl)cc2Cl)C(Cc2ccccc2)C(=O)NC(C)(C)C)S(C)(=O)=O)c1. The Balaban J connectivity index is 2.11. The van der Waals surface area contributed by atoms with E-state index in [1.807, 2.05) is 51.1 Å². The van der Waals surface area contributed by atoms with Crippen LogP contribution in [0.15, 0.2) is 72.8 Å². The summed E-state index contributed by atoms with van der Waals surface area (Å²) in [5.74, 6) is -0.541. The molecule has 0 saturated carbocycles. The topological polar surface area (TPSA) is 96.0 Å². The molecule has 220 valence electrons. The Morgan fingerprint density at radius 1 is 0.976 bits per heavy atom. The summed E-state index contributed by atoms with van der Waals surface area (Å²) in [6.45, 7) is 4.94. The van der Waals surface area contributed by atoms with Crippen LogP contribution in [0.3, 0.4) is 0 Å². The van der Waals surface area contributed by atoms with Crippen molar-refractivity contribution in [3.8, 4) is 5.75 Å². The molecule has 0 heterocycles. The van der Waals surface area contributed by atoms with Crippen molar-refractivity contribution >= 4 is 50.7 Å². The molecule has 0 radical (unpaired) electrons. The van der Waals surface area contributed by atoms with E-state index in [-0.39, 0.29) is 24.6 Å². The van der Waals surface area contributed by atoms with Gasteiger partial charge in [0, 0.05) is 34.6 Å². The fourth-order valence-electron chi connectivity index (χ4n) is 4.22. The normalized spacial score (nSPS) is 12.4. The molecule has 0 saturated heterocycles. The van der Waals surface area contributed by atoms with Gasteiger partial charge in [-0.25, -0.2) is 8.42 Å². The number of ether oxygens (including phenoxy) is 1. The van der Waals surface area contributed by atoms with Crippen LogP contribution in [0, 0.1) is 0 Å². The number of benzene rings is 3. The van der Waals surface area contributed by atoms with Crippen molar-refractivity contribution in [2.45, 2.75) is 45.3 Å². The second-order valence-electron chi connectivity index (χ2n) is 10.7. The molecular formula is C30H35Cl2N3O5S. The first-order valence-electron chi connectivity index (χ1n) is 12.9. The van der Waals surface area contributed by atoms with Crippen molar-refractivity contribution in [3.05, 3.63) is 94.0 Å². The zero-order valence-electron chi connectivity index (χ0n) is 23.7. The summed E-state index contributed by atoms with van der Waals surface area (Å²) >= 11 is 12.6. The number of carbonyl (C=O) groups is 2. The number of methoxy groups -OCH3 is 1. The molecule has 0 aromatic heterocycles. The lowest BCUT2D eigenvalue weighted by Crippen LogP contribution is -2.56. The molecule has 3 rings (SSSR count). The third-order valence-electron chi connectivity index (χ3n) is 6.15. The number of hydrogen-bond acceptors (Lipinski definition) is 5. The van der Waals surface area contributed by atoms with E-state index in [9.17, 15) is 18.0 Å². The lowest BCUT2D eigenvalue weighted by molar-refractivity contribution is -0.140. The molecule has 1 N–H and O–H groups in total. The summed E-state index contributed by atoms with van der Waals surface area (Å²) in [4.78, 5) is 29.3. The molecule has 8 nitrogen and oxygen atoms in total. The van der Waals surface area contributed by atoms with E-state index in [4.69, 9.17) is 27.9 Å². The Morgan fingerprint density at radius 2 is 1.66 bits per heavy atom. The fourth-order valence-corrected chi connectivity index (χ4v) is 5.53. The third kappa shape index (κ3) is 9.38. The predicted molar refractivity (Wildman–Crippen MR) is 164 cm³/mol. The Kier molecular flexibility index (Phi) is 10.7. The van der Waals surface area contributed by atoms with Crippen LogP contribution in [0.25, 0.3) is 0 Å². The van der Waals surface area contributed by atoms with Crippen LogP contribution in [-0.2, 0) is 32.6 Å². The summed E-state index contributed by atoms with van der Waals surface area (Å²) in [7, 11) is -2.44. The minimum atomic E-state index is -3.91. The van der Waals surface area contributed by atoms with Crippen molar-refractivity contribution in [2.24, 2.45) is 0 Å². The van der Waals surface area contributed by atoms with E-state index < -0.39 is 34.1 Å². The highest BCUT2D eigenvalue weighted by atomic mass is 35.5. The molecule has 3 aromatic rings. The van der Waals surface area contributed by atoms with E-state index >= 15 is 0 Å². The zero-order valence-corrected chi connectivity index (χ0v) is 26.1. The summed E-state index contributed by atoms with van der Waals surface area (Å²) < 4.78 is 32.1. The van der Waals surface area contributed by atoms with Gasteiger partial charge in [0.25, 0.3) is 0 Å². The molecule has 41 heavy (non-hydrogen) atoms. The number of rotatable bonds is 11. The Morgan fingerprint density at radius 3 is 2.24 bits per heavy atom. The summed E-state index contributed by atoms with van der Waals surface area (Å²) in [6, 6.07) is 19.6. The summed E-state index contributed by atoms with van der Waals surface area (Å²) in [5, 5.41) is 3.72. The van der Waals surface area contributed by atoms with Crippen LogP contribution in [0.2, 0.25) is 10.0 Å². The minimum absolute atomic E-state index is 0.0559. The number of nitrogens with one attached hydrogen (secondary N) is 1. The Bertz CT molecular complexity index is 1480. The molecule has 0 aliphatic rings. The molecule has 0 aliphatic heterocycles. The van der Waals surface area contributed by atoms with E-state index in [0.29, 0.717) is 21.4 Å². The standard InChI is InChI=1S/C30H35Cl2N3O5S/c1-30(2,3)33-29(37)27(16-21-10-7-6-8-11-21)34(19-22-14-15-23(31)17-26(22)32)28(36)20-35(41(5,38)39)24-12-9-13-25(18-24)40-4/h6-15,17-18,27H,16,19-20H2,1-5H3,(H,33,37). The Labute approximate surface area is 252 Å². The number of carbonyl (C=O) groups excluding carboxylic acids is 2. The number of halogens is 2. The number of sulfonamides is 1. The van der Waals surface area contributed by atoms with Gasteiger partial charge in [-0.05, 0) is 56.2 Å². The molecule has 0 aliphatic carbocycles. The van der Waals surface area contributed by atoms with Gasteiger partial charge in [0.15, 0.2) is 0 Å². The predicted octanol–water partition coefficient (Wildman–Crippen LogP) is 5.32. The third-order valence-corrected chi connectivity index (χ3v) is 7.87. The van der Waals surface area contributed by atoms with Crippen molar-refractivity contribution in [1.82, 2.24) is 10.2 Å². The maximum absolute atomic E-state index is 14.2. The quantitative estimate of drug-likeness (QED) is 0.313. The maximum Gasteiger partial charge on any atom is 0.244 e. The average Bonchev–Trinajstić information content (AvgIpc) is 2.89. The average molecular weight is 621 g/mol. The first kappa shape index (κ1) is 32.2. The lowest BCUT2D eigenvalue weighted by atomic mass is 10.0. The van der Waals surface area contributed by atoms with Crippen LogP contribution < -0.4 is 14.4 Å². The largest absolute Gasteiger partial charge is 0.497 e. The smallest absolute Gasteiger partial charge is 0.244 e. The zero-order chi connectivity index (χ0) is 30.4. The van der Waals surface area contributed by atoms with Gasteiger partial charge in [-0.1, -0.05) is 65.7 Å². The molecular weight excluding hydrogens is 585 g/mol. The number of amides is 2. The van der Waals surface area contributed by atoms with E-state index in [1.165, 1.54) is 18.1 Å². The molecule has 0 bridgehead atoms. The number of hydrogen-bond donors (Lipinski definition) is 1. The van der Waals surface area contributed by atoms with Crippen LogP contribution in [0.1, 0.15) is 31.9 Å². The van der Waals surface area contributed by atoms with Gasteiger partial charge in [-0.3, -0.25) is 13.9 Å². The van der Waals surface area contributed by atoms with Gasteiger partial charge in [0.2, 0.25) is 21.8 Å². The van der Waals surface area contributed by atoms with Crippen LogP contribution in [0.5, 0.6) is 5.75 Å². The minimum Gasteiger partial charge on any atom is -0.497 e. The Hall–Kier alpha value is -3.27. The van der Waals surface area contributed by atoms with Gasteiger partial charge in [-0.15, -0.1) is 0 Å². The summed E-state index contributed by atoms with van der Waals surface area (Å²) in [6.07, 6.45) is 1.21. The van der Waals surface area contributed by atoms with Gasteiger partial charge in [0.05, 0.1) is 19.1 Å². The molecule has 0 spiro atoms. The van der Waals surface area contributed by atoms with Crippen LogP contribution >= 0.6 is 23.2 Å². The summed E-state index contributed by atoms with van der Waals surface area (Å²) in [5.41, 5.74) is 1.05. The van der Waals surface area contributed by atoms with Crippen molar-refractivity contribution < 1.29 is 22.7 Å². The van der Waals surface area contributed by atoms with Gasteiger partial charge in [-0.2, -0.15) is 0 Å². The molecule has 1 atom stereocenters. The highest BCUT2D eigenvalue weighted by Crippen LogP contribution is 2.26. The van der Waals surface area contributed by atoms with Gasteiger partial charge >= 0.3 is 0 Å². The van der Waals surface area contributed by atoms with Crippen molar-refractivity contribution in [1.29, 1.82) is 0 Å². The van der Waals surface area contributed by atoms with E-state index in [1.54, 1.807) is 36.4 Å². The fraction of sp³-hybridized carbons (Fsp3) is 0.333. The van der Waals surface area contributed by atoms with Crippen molar-refractivity contribution in [2.75, 3.05) is 24.2 Å². The number of anilines is 1. The molecule has 0 fully saturated rings. The molecule has 11 heteroatoms. The van der Waals surface area contributed by atoms with E-state index in [0.717, 1.165) is 16.1 Å². The van der Waals surface area contributed by atoms with Gasteiger partial charge < -0.3 is 15.0 Å². The number of nitrogens with zero attached hydrogens (tertiary/aromatic N) is 2. The second-order valence-corrected chi connectivity index (χ2v) is 13.4. The van der Waals surface area contributed by atoms with Crippen LogP contribution in [-0.4, -0.2) is 56.6 Å².